The molecule has 0 fully saturated rings. The summed E-state index contributed by atoms with van der Waals surface area (Å²) in [5.74, 6) is -0.0929. The molecule has 3 aromatic rings. The molecule has 0 saturated heterocycles. The fourth-order valence-corrected chi connectivity index (χ4v) is 3.51. The smallest absolute Gasteiger partial charge is 0.251 e. The maximum absolute atomic E-state index is 12.5. The predicted molar refractivity (Wildman–Crippen MR) is 116 cm³/mol. The lowest BCUT2D eigenvalue weighted by Crippen LogP contribution is -2.25. The first kappa shape index (κ1) is 21.4. The maximum Gasteiger partial charge on any atom is 0.251 e. The number of carbonyl (C=O) groups is 1. The minimum Gasteiger partial charge on any atom is -0.352 e. The molecule has 154 valence electrons. The van der Waals surface area contributed by atoms with Crippen LogP contribution in [0.4, 0.5) is 0 Å². The van der Waals surface area contributed by atoms with E-state index in [1.54, 1.807) is 0 Å². The highest BCUT2D eigenvalue weighted by Gasteiger charge is 2.12. The van der Waals surface area contributed by atoms with Gasteiger partial charge in [-0.15, -0.1) is 0 Å². The van der Waals surface area contributed by atoms with Gasteiger partial charge in [0.05, 0.1) is 39.4 Å². The van der Waals surface area contributed by atoms with Gasteiger partial charge < -0.3 is 5.32 Å². The van der Waals surface area contributed by atoms with E-state index in [0.29, 0.717) is 35.2 Å². The summed E-state index contributed by atoms with van der Waals surface area (Å²) in [6.07, 6.45) is 0.772. The van der Waals surface area contributed by atoms with Crippen molar-refractivity contribution in [2.45, 2.75) is 47.2 Å². The van der Waals surface area contributed by atoms with Crippen molar-refractivity contribution in [3.8, 4) is 0 Å². The maximum atomic E-state index is 12.5. The molecule has 0 aliphatic carbocycles. The van der Waals surface area contributed by atoms with Gasteiger partial charge >= 0.3 is 0 Å². The molecule has 29 heavy (non-hydrogen) atoms. The van der Waals surface area contributed by atoms with Crippen molar-refractivity contribution >= 4 is 29.1 Å². The van der Waals surface area contributed by atoms with E-state index in [2.05, 4.69) is 15.5 Å². The highest BCUT2D eigenvalue weighted by atomic mass is 35.5. The first-order valence-electron chi connectivity index (χ1n) is 9.54. The summed E-state index contributed by atoms with van der Waals surface area (Å²) in [6, 6.07) is 7.57. The Kier molecular flexibility index (Phi) is 6.65. The number of carbonyl (C=O) groups excluding carboxylic acids is 1. The Morgan fingerprint density at radius 3 is 2.21 bits per heavy atom. The molecule has 3 rings (SSSR count). The van der Waals surface area contributed by atoms with Crippen LogP contribution in [0.3, 0.4) is 0 Å². The van der Waals surface area contributed by atoms with E-state index in [0.717, 1.165) is 34.8 Å². The van der Waals surface area contributed by atoms with Crippen LogP contribution in [0, 0.1) is 27.7 Å². The lowest BCUT2D eigenvalue weighted by molar-refractivity contribution is 0.0952. The molecule has 1 N–H and O–H groups in total. The minimum atomic E-state index is -0.0929. The number of hydrogen-bond acceptors (Lipinski definition) is 3. The molecule has 0 bridgehead atoms. The molecular weight excluding hydrogens is 409 g/mol. The SMILES string of the molecule is Cc1nn(CCCNC(=O)c2cccc(Cn3nc(C)c(Cl)c3C)c2)c(C)c1Cl. The van der Waals surface area contributed by atoms with Gasteiger partial charge in [0, 0.05) is 18.7 Å². The summed E-state index contributed by atoms with van der Waals surface area (Å²) in [5.41, 5.74) is 5.13. The third-order valence-electron chi connectivity index (χ3n) is 4.94. The quantitative estimate of drug-likeness (QED) is 0.558. The van der Waals surface area contributed by atoms with Gasteiger partial charge in [-0.2, -0.15) is 10.2 Å². The second-order valence-electron chi connectivity index (χ2n) is 7.16. The van der Waals surface area contributed by atoms with Crippen molar-refractivity contribution in [3.63, 3.8) is 0 Å². The lowest BCUT2D eigenvalue weighted by atomic mass is 10.1. The van der Waals surface area contributed by atoms with Crippen molar-refractivity contribution in [2.75, 3.05) is 6.54 Å². The van der Waals surface area contributed by atoms with Gasteiger partial charge in [0.2, 0.25) is 0 Å². The van der Waals surface area contributed by atoms with Gasteiger partial charge in [0.1, 0.15) is 0 Å². The molecule has 2 aromatic heterocycles. The number of aryl methyl sites for hydroxylation is 3. The average molecular weight is 434 g/mol. The number of nitrogens with one attached hydrogen (secondary N) is 1. The summed E-state index contributed by atoms with van der Waals surface area (Å²) >= 11 is 12.4. The fraction of sp³-hybridized carbons (Fsp3) is 0.381. The van der Waals surface area contributed by atoms with Crippen LogP contribution in [0.5, 0.6) is 0 Å². The van der Waals surface area contributed by atoms with Gasteiger partial charge in [-0.05, 0) is 51.8 Å². The van der Waals surface area contributed by atoms with Crippen molar-refractivity contribution in [1.82, 2.24) is 24.9 Å². The topological polar surface area (TPSA) is 64.7 Å². The summed E-state index contributed by atoms with van der Waals surface area (Å²) in [6.45, 7) is 9.50. The van der Waals surface area contributed by atoms with E-state index >= 15 is 0 Å². The predicted octanol–water partition coefficient (Wildman–Crippen LogP) is 4.49. The zero-order valence-corrected chi connectivity index (χ0v) is 18.6. The van der Waals surface area contributed by atoms with E-state index in [1.165, 1.54) is 0 Å². The lowest BCUT2D eigenvalue weighted by Gasteiger charge is -2.09. The molecule has 0 aliphatic heterocycles. The molecule has 1 amide bonds. The van der Waals surface area contributed by atoms with Crippen LogP contribution in [0.1, 0.15) is 45.1 Å². The molecular formula is C21H25Cl2N5O. The number of hydrogen-bond donors (Lipinski definition) is 1. The van der Waals surface area contributed by atoms with Crippen LogP contribution in [-0.2, 0) is 13.1 Å². The van der Waals surface area contributed by atoms with E-state index in [4.69, 9.17) is 23.2 Å². The third-order valence-corrected chi connectivity index (χ3v) is 6.03. The highest BCUT2D eigenvalue weighted by Crippen LogP contribution is 2.20. The number of nitrogens with zero attached hydrogens (tertiary/aromatic N) is 4. The minimum absolute atomic E-state index is 0.0929. The second kappa shape index (κ2) is 9.01. The van der Waals surface area contributed by atoms with Crippen molar-refractivity contribution in [3.05, 3.63) is 68.2 Å². The molecule has 0 saturated carbocycles. The van der Waals surface area contributed by atoms with E-state index in [1.807, 2.05) is 61.3 Å². The fourth-order valence-electron chi connectivity index (χ4n) is 3.24. The second-order valence-corrected chi connectivity index (χ2v) is 7.92. The van der Waals surface area contributed by atoms with Crippen LogP contribution in [0.25, 0.3) is 0 Å². The Bertz CT molecular complexity index is 1040. The van der Waals surface area contributed by atoms with Crippen LogP contribution in [0.2, 0.25) is 10.0 Å². The number of rotatable bonds is 7. The largest absolute Gasteiger partial charge is 0.352 e. The molecule has 2 heterocycles. The average Bonchev–Trinajstić information content (AvgIpc) is 3.09. The van der Waals surface area contributed by atoms with Crippen LogP contribution >= 0.6 is 23.2 Å². The van der Waals surface area contributed by atoms with Gasteiger partial charge in [0.25, 0.3) is 5.91 Å². The number of amides is 1. The standard InChI is InChI=1S/C21H25Cl2N5O/c1-13-19(22)15(3)27(25-13)10-6-9-24-21(29)18-8-5-7-17(11-18)12-28-16(4)20(23)14(2)26-28/h5,7-8,11H,6,9-10,12H2,1-4H3,(H,24,29). The first-order valence-corrected chi connectivity index (χ1v) is 10.3. The molecule has 6 nitrogen and oxygen atoms in total. The molecule has 0 unspecified atom stereocenters. The number of halogens is 2. The van der Waals surface area contributed by atoms with Crippen molar-refractivity contribution in [2.24, 2.45) is 0 Å². The highest BCUT2D eigenvalue weighted by molar-refractivity contribution is 6.32. The van der Waals surface area contributed by atoms with Gasteiger partial charge in [-0.25, -0.2) is 0 Å². The molecule has 0 radical (unpaired) electrons. The van der Waals surface area contributed by atoms with Gasteiger partial charge in [-0.1, -0.05) is 35.3 Å². The van der Waals surface area contributed by atoms with Crippen LogP contribution in [-0.4, -0.2) is 32.0 Å². The Morgan fingerprint density at radius 1 is 1.00 bits per heavy atom. The summed E-state index contributed by atoms with van der Waals surface area (Å²) in [5, 5.41) is 13.2. The Hall–Kier alpha value is -2.31. The van der Waals surface area contributed by atoms with Gasteiger partial charge in [0.15, 0.2) is 0 Å². The zero-order chi connectivity index (χ0) is 21.1. The number of benzene rings is 1. The van der Waals surface area contributed by atoms with E-state index < -0.39 is 0 Å². The Morgan fingerprint density at radius 2 is 1.62 bits per heavy atom. The first-order chi connectivity index (χ1) is 13.8. The van der Waals surface area contributed by atoms with Crippen molar-refractivity contribution < 1.29 is 4.79 Å². The Balaban J connectivity index is 1.56. The van der Waals surface area contributed by atoms with E-state index in [-0.39, 0.29) is 5.91 Å². The van der Waals surface area contributed by atoms with Crippen molar-refractivity contribution in [1.29, 1.82) is 0 Å². The van der Waals surface area contributed by atoms with Gasteiger partial charge in [-0.3, -0.25) is 14.2 Å². The molecule has 0 atom stereocenters. The summed E-state index contributed by atoms with van der Waals surface area (Å²) in [7, 11) is 0. The van der Waals surface area contributed by atoms with Crippen LogP contribution in [0.15, 0.2) is 24.3 Å². The van der Waals surface area contributed by atoms with E-state index in [9.17, 15) is 4.79 Å². The number of aromatic nitrogens is 4. The molecule has 0 spiro atoms. The third kappa shape index (κ3) is 4.82. The monoisotopic (exact) mass is 433 g/mol. The van der Waals surface area contributed by atoms with Crippen LogP contribution < -0.4 is 5.32 Å². The zero-order valence-electron chi connectivity index (χ0n) is 17.1. The molecule has 1 aromatic carbocycles. The Labute approximate surface area is 180 Å². The summed E-state index contributed by atoms with van der Waals surface area (Å²) in [4.78, 5) is 12.5. The summed E-state index contributed by atoms with van der Waals surface area (Å²) < 4.78 is 3.73. The normalized spacial score (nSPS) is 11.1. The molecule has 8 heteroatoms. The molecule has 0 aliphatic rings.